The third-order valence-electron chi connectivity index (χ3n) is 4.15. The molecule has 1 fully saturated rings. The maximum Gasteiger partial charge on any atom is 0.338 e. The fourth-order valence-corrected chi connectivity index (χ4v) is 3.56. The number of ether oxygens (including phenoxy) is 2. The number of thioether (sulfide) groups is 1. The lowest BCUT2D eigenvalue weighted by molar-refractivity contribution is -0.136. The van der Waals surface area contributed by atoms with Crippen molar-refractivity contribution >= 4 is 23.3 Å². The van der Waals surface area contributed by atoms with Crippen molar-refractivity contribution in [3.63, 3.8) is 0 Å². The monoisotopic (exact) mass is 370 g/mol. The quantitative estimate of drug-likeness (QED) is 0.299. The Bertz CT molecular complexity index is 593. The SMILES string of the molecule is CCOC(=O)/C(=C\C1C[C@@H](F)[C@@H](F)C1)c1ccc(SC(C)OC)cc1. The van der Waals surface area contributed by atoms with Crippen LogP contribution in [0.2, 0.25) is 0 Å². The lowest BCUT2D eigenvalue weighted by Crippen LogP contribution is -2.08. The van der Waals surface area contributed by atoms with Gasteiger partial charge in [0.05, 0.1) is 12.2 Å². The summed E-state index contributed by atoms with van der Waals surface area (Å²) in [6.07, 6.45) is -1.06. The molecule has 0 heterocycles. The van der Waals surface area contributed by atoms with E-state index in [1.54, 1.807) is 31.9 Å². The maximum absolute atomic E-state index is 13.4. The third kappa shape index (κ3) is 5.54. The molecule has 3 nitrogen and oxygen atoms in total. The van der Waals surface area contributed by atoms with Gasteiger partial charge in [-0.25, -0.2) is 13.6 Å². The van der Waals surface area contributed by atoms with Gasteiger partial charge >= 0.3 is 5.97 Å². The maximum atomic E-state index is 13.4. The molecule has 2 rings (SSSR count). The van der Waals surface area contributed by atoms with Gasteiger partial charge < -0.3 is 9.47 Å². The number of allylic oxidation sites excluding steroid dienone is 1. The van der Waals surface area contributed by atoms with Gasteiger partial charge in [0.15, 0.2) is 0 Å². The van der Waals surface area contributed by atoms with E-state index in [1.807, 2.05) is 31.2 Å². The summed E-state index contributed by atoms with van der Waals surface area (Å²) in [6, 6.07) is 7.44. The second-order valence-electron chi connectivity index (χ2n) is 6.01. The first-order chi connectivity index (χ1) is 11.9. The highest BCUT2D eigenvalue weighted by atomic mass is 32.2. The number of methoxy groups -OCH3 is 1. The van der Waals surface area contributed by atoms with Crippen molar-refractivity contribution in [1.29, 1.82) is 0 Å². The largest absolute Gasteiger partial charge is 0.462 e. The molecule has 1 aromatic rings. The molecule has 1 aliphatic carbocycles. The van der Waals surface area contributed by atoms with Crippen molar-refractivity contribution in [1.82, 2.24) is 0 Å². The number of benzene rings is 1. The van der Waals surface area contributed by atoms with Crippen molar-refractivity contribution in [2.24, 2.45) is 5.92 Å². The number of alkyl halides is 2. The van der Waals surface area contributed by atoms with Gasteiger partial charge in [0.1, 0.15) is 17.8 Å². The number of hydrogen-bond acceptors (Lipinski definition) is 4. The van der Waals surface area contributed by atoms with Crippen LogP contribution in [0.15, 0.2) is 35.2 Å². The zero-order valence-electron chi connectivity index (χ0n) is 14.7. The molecule has 0 aromatic heterocycles. The number of halogens is 2. The second kappa shape index (κ2) is 9.34. The Hall–Kier alpha value is -1.40. The molecular weight excluding hydrogens is 346 g/mol. The van der Waals surface area contributed by atoms with E-state index < -0.39 is 18.3 Å². The fraction of sp³-hybridized carbons (Fsp3) is 0.526. The van der Waals surface area contributed by atoms with E-state index in [9.17, 15) is 13.6 Å². The van der Waals surface area contributed by atoms with Crippen LogP contribution in [-0.2, 0) is 14.3 Å². The fourth-order valence-electron chi connectivity index (χ4n) is 2.79. The van der Waals surface area contributed by atoms with Gasteiger partial charge in [-0.3, -0.25) is 0 Å². The molecule has 4 atom stereocenters. The Kier molecular flexibility index (Phi) is 7.44. The predicted octanol–water partition coefficient (Wildman–Crippen LogP) is 4.80. The highest BCUT2D eigenvalue weighted by Gasteiger charge is 2.34. The summed E-state index contributed by atoms with van der Waals surface area (Å²) in [7, 11) is 1.64. The van der Waals surface area contributed by atoms with Crippen LogP contribution in [0.25, 0.3) is 5.57 Å². The number of carbonyl (C=O) groups excluding carboxylic acids is 1. The van der Waals surface area contributed by atoms with E-state index >= 15 is 0 Å². The van der Waals surface area contributed by atoms with Gasteiger partial charge in [-0.05, 0) is 50.3 Å². The van der Waals surface area contributed by atoms with Crippen molar-refractivity contribution < 1.29 is 23.0 Å². The lowest BCUT2D eigenvalue weighted by Gasteiger charge is -2.12. The van der Waals surface area contributed by atoms with Crippen molar-refractivity contribution in [2.45, 2.75) is 49.4 Å². The molecule has 0 N–H and O–H groups in total. The Morgan fingerprint density at radius 2 is 1.88 bits per heavy atom. The van der Waals surface area contributed by atoms with Crippen molar-refractivity contribution in [3.8, 4) is 0 Å². The van der Waals surface area contributed by atoms with Crippen LogP contribution in [0.5, 0.6) is 0 Å². The van der Waals surface area contributed by atoms with E-state index in [4.69, 9.17) is 9.47 Å². The van der Waals surface area contributed by atoms with Crippen LogP contribution in [0.3, 0.4) is 0 Å². The van der Waals surface area contributed by atoms with Crippen LogP contribution in [0.4, 0.5) is 8.78 Å². The number of rotatable bonds is 7. The Morgan fingerprint density at radius 1 is 1.28 bits per heavy atom. The van der Waals surface area contributed by atoms with Gasteiger partial charge in [0.25, 0.3) is 0 Å². The van der Waals surface area contributed by atoms with Crippen LogP contribution >= 0.6 is 11.8 Å². The zero-order valence-corrected chi connectivity index (χ0v) is 15.5. The molecule has 1 aliphatic rings. The molecule has 0 amide bonds. The Balaban J connectivity index is 2.22. The second-order valence-corrected chi connectivity index (χ2v) is 7.38. The van der Waals surface area contributed by atoms with Crippen LogP contribution < -0.4 is 0 Å². The molecule has 0 spiro atoms. The first-order valence-corrected chi connectivity index (χ1v) is 9.29. The first kappa shape index (κ1) is 19.9. The molecule has 1 aromatic carbocycles. The minimum absolute atomic E-state index is 0.0207. The molecule has 0 aliphatic heterocycles. The highest BCUT2D eigenvalue weighted by molar-refractivity contribution is 7.99. The molecule has 0 saturated heterocycles. The van der Waals surface area contributed by atoms with Crippen LogP contribution in [0, 0.1) is 5.92 Å². The average Bonchev–Trinajstić information content (AvgIpc) is 2.91. The van der Waals surface area contributed by atoms with Gasteiger partial charge in [-0.1, -0.05) is 30.0 Å². The molecular formula is C19H24F2O3S. The van der Waals surface area contributed by atoms with Crippen LogP contribution in [0.1, 0.15) is 32.3 Å². The molecule has 0 radical (unpaired) electrons. The summed E-state index contributed by atoms with van der Waals surface area (Å²) in [5, 5.41) is 0. The normalized spacial score (nSPS) is 25.0. The summed E-state index contributed by atoms with van der Waals surface area (Å²) < 4.78 is 37.2. The molecule has 0 bridgehead atoms. The first-order valence-electron chi connectivity index (χ1n) is 8.41. The Labute approximate surface area is 151 Å². The van der Waals surface area contributed by atoms with E-state index in [2.05, 4.69) is 0 Å². The lowest BCUT2D eigenvalue weighted by atomic mass is 9.98. The minimum atomic E-state index is -1.46. The standard InChI is InChI=1S/C19H24F2O3S/c1-4-24-19(22)16(9-13-10-17(20)18(21)11-13)14-5-7-15(8-6-14)25-12(2)23-3/h5-9,12-13,17-18H,4,10-11H2,1-3H3/b16-9-/t12?,13?,17-,18+. The van der Waals surface area contributed by atoms with E-state index in [-0.39, 0.29) is 30.8 Å². The van der Waals surface area contributed by atoms with E-state index in [1.165, 1.54) is 0 Å². The number of esters is 1. The topological polar surface area (TPSA) is 35.5 Å². The molecule has 1 saturated carbocycles. The minimum Gasteiger partial charge on any atom is -0.462 e. The van der Waals surface area contributed by atoms with E-state index in [0.717, 1.165) is 4.90 Å². The Morgan fingerprint density at radius 3 is 2.40 bits per heavy atom. The summed E-state index contributed by atoms with van der Waals surface area (Å²) >= 11 is 1.56. The molecule has 138 valence electrons. The average molecular weight is 370 g/mol. The molecule has 2 unspecified atom stereocenters. The summed E-state index contributed by atoms with van der Waals surface area (Å²) in [4.78, 5) is 13.3. The van der Waals surface area contributed by atoms with E-state index in [0.29, 0.717) is 11.1 Å². The summed E-state index contributed by atoms with van der Waals surface area (Å²) in [5.74, 6) is -0.766. The molecule has 6 heteroatoms. The number of hydrogen-bond donors (Lipinski definition) is 0. The third-order valence-corrected chi connectivity index (χ3v) is 5.21. The van der Waals surface area contributed by atoms with Crippen LogP contribution in [-0.4, -0.2) is 37.5 Å². The van der Waals surface area contributed by atoms with Crippen molar-refractivity contribution in [3.05, 3.63) is 35.9 Å². The van der Waals surface area contributed by atoms with Gasteiger partial charge in [0, 0.05) is 12.0 Å². The predicted molar refractivity (Wildman–Crippen MR) is 95.9 cm³/mol. The summed E-state index contributed by atoms with van der Waals surface area (Å²) in [5.41, 5.74) is 1.07. The van der Waals surface area contributed by atoms with Gasteiger partial charge in [0.2, 0.25) is 0 Å². The number of carbonyl (C=O) groups is 1. The summed E-state index contributed by atoms with van der Waals surface area (Å²) in [6.45, 7) is 3.92. The van der Waals surface area contributed by atoms with Crippen molar-refractivity contribution in [2.75, 3.05) is 13.7 Å². The zero-order chi connectivity index (χ0) is 18.4. The van der Waals surface area contributed by atoms with Gasteiger partial charge in [-0.15, -0.1) is 0 Å². The smallest absolute Gasteiger partial charge is 0.338 e. The molecule has 25 heavy (non-hydrogen) atoms. The highest BCUT2D eigenvalue weighted by Crippen LogP contribution is 2.34. The van der Waals surface area contributed by atoms with Gasteiger partial charge in [-0.2, -0.15) is 0 Å².